The van der Waals surface area contributed by atoms with Gasteiger partial charge in [0.2, 0.25) is 0 Å². The number of benzene rings is 1. The second-order valence-electron chi connectivity index (χ2n) is 6.14. The van der Waals surface area contributed by atoms with Crippen LogP contribution in [0, 0.1) is 0 Å². The normalized spacial score (nSPS) is 20.8. The first-order valence-corrected chi connectivity index (χ1v) is 7.81. The monoisotopic (exact) mass is 255 g/mol. The first-order valence-electron chi connectivity index (χ1n) is 7.81. The summed E-state index contributed by atoms with van der Waals surface area (Å²) in [4.78, 5) is 2.62. The number of piperidine rings is 1. The summed E-state index contributed by atoms with van der Waals surface area (Å²) in [5.41, 5.74) is 5.87. The number of rotatable bonds is 3. The Morgan fingerprint density at radius 1 is 1.21 bits per heavy atom. The smallest absolute Gasteiger partial charge is 0.00129 e. The van der Waals surface area contributed by atoms with Gasteiger partial charge in [0.15, 0.2) is 0 Å². The van der Waals surface area contributed by atoms with Gasteiger partial charge in [-0.2, -0.15) is 0 Å². The van der Waals surface area contributed by atoms with Gasteiger partial charge in [0, 0.05) is 0 Å². The number of hydrogen-bond donors (Lipinski definition) is 0. The maximum absolute atomic E-state index is 4.16. The minimum absolute atomic E-state index is 0.785. The molecule has 1 fully saturated rings. The maximum Gasteiger partial charge on any atom is -0.00129 e. The molecule has 0 saturated carbocycles. The first kappa shape index (κ1) is 12.9. The zero-order valence-corrected chi connectivity index (χ0v) is 12.1. The molecule has 0 atom stereocenters. The number of allylic oxidation sites excluding steroid dienone is 1. The molecule has 0 spiro atoms. The van der Waals surface area contributed by atoms with Crippen LogP contribution in [0.15, 0.2) is 24.8 Å². The van der Waals surface area contributed by atoms with Gasteiger partial charge in [0.1, 0.15) is 0 Å². The number of hydrogen-bond acceptors (Lipinski definition) is 1. The summed E-state index contributed by atoms with van der Waals surface area (Å²) in [5, 5.41) is 0. The first-order chi connectivity index (χ1) is 9.28. The van der Waals surface area contributed by atoms with Crippen LogP contribution in [0.3, 0.4) is 0 Å². The van der Waals surface area contributed by atoms with Gasteiger partial charge in [-0.25, -0.2) is 0 Å². The van der Waals surface area contributed by atoms with E-state index in [1.807, 2.05) is 0 Å². The van der Waals surface area contributed by atoms with E-state index < -0.39 is 0 Å². The van der Waals surface area contributed by atoms with Crippen LogP contribution in [-0.2, 0) is 6.42 Å². The van der Waals surface area contributed by atoms with Crippen molar-refractivity contribution in [3.63, 3.8) is 0 Å². The molecule has 102 valence electrons. The van der Waals surface area contributed by atoms with Gasteiger partial charge in [-0.15, -0.1) is 0 Å². The summed E-state index contributed by atoms with van der Waals surface area (Å²) >= 11 is 0. The number of fused-ring (bicyclic) bond motifs is 1. The number of nitrogens with zero attached hydrogens (tertiary/aromatic N) is 1. The highest BCUT2D eigenvalue weighted by atomic mass is 15.1. The molecule has 1 aromatic rings. The van der Waals surface area contributed by atoms with E-state index >= 15 is 0 Å². The van der Waals surface area contributed by atoms with Crippen LogP contribution in [0.5, 0.6) is 0 Å². The Morgan fingerprint density at radius 3 is 2.74 bits per heavy atom. The van der Waals surface area contributed by atoms with Gasteiger partial charge in [-0.1, -0.05) is 31.7 Å². The zero-order valence-electron chi connectivity index (χ0n) is 12.1. The van der Waals surface area contributed by atoms with Gasteiger partial charge < -0.3 is 4.90 Å². The molecule has 0 radical (unpaired) electrons. The van der Waals surface area contributed by atoms with Crippen molar-refractivity contribution in [1.82, 2.24) is 4.90 Å². The molecule has 1 nitrogen and oxygen atoms in total. The fraction of sp³-hybridized carbons (Fsp3) is 0.556. The van der Waals surface area contributed by atoms with E-state index in [4.69, 9.17) is 0 Å². The molecule has 0 bridgehead atoms. The van der Waals surface area contributed by atoms with E-state index in [1.165, 1.54) is 56.5 Å². The fourth-order valence-corrected chi connectivity index (χ4v) is 3.65. The lowest BCUT2D eigenvalue weighted by atomic mass is 9.87. The van der Waals surface area contributed by atoms with Crippen molar-refractivity contribution in [3.05, 3.63) is 41.5 Å². The lowest BCUT2D eigenvalue weighted by Gasteiger charge is -2.32. The predicted molar refractivity (Wildman–Crippen MR) is 82.5 cm³/mol. The topological polar surface area (TPSA) is 3.24 Å². The molecule has 1 heterocycles. The maximum atomic E-state index is 4.16. The van der Waals surface area contributed by atoms with Crippen molar-refractivity contribution < 1.29 is 0 Å². The molecule has 0 N–H and O–H groups in total. The van der Waals surface area contributed by atoms with E-state index in [0.717, 1.165) is 12.3 Å². The fourth-order valence-electron chi connectivity index (χ4n) is 3.65. The highest BCUT2D eigenvalue weighted by Crippen LogP contribution is 2.35. The summed E-state index contributed by atoms with van der Waals surface area (Å²) in [6, 6.07) is 7.14. The largest absolute Gasteiger partial charge is 0.303 e. The Hall–Kier alpha value is -1.08. The second kappa shape index (κ2) is 5.50. The van der Waals surface area contributed by atoms with Crippen LogP contribution < -0.4 is 0 Å². The minimum atomic E-state index is 0.785. The van der Waals surface area contributed by atoms with Crippen molar-refractivity contribution in [2.24, 2.45) is 0 Å². The Bertz CT molecular complexity index is 467. The van der Waals surface area contributed by atoms with Crippen molar-refractivity contribution in [2.75, 3.05) is 19.6 Å². The molecule has 0 aromatic heterocycles. The van der Waals surface area contributed by atoms with E-state index in [2.05, 4.69) is 36.6 Å². The molecule has 1 aliphatic carbocycles. The highest BCUT2D eigenvalue weighted by molar-refractivity contribution is 5.71. The van der Waals surface area contributed by atoms with Crippen molar-refractivity contribution in [2.45, 2.75) is 44.9 Å². The van der Waals surface area contributed by atoms with Gasteiger partial charge in [-0.05, 0) is 79.9 Å². The third kappa shape index (κ3) is 2.62. The molecule has 3 rings (SSSR count). The SMILES string of the molecule is C=C1CCc2cc(C3CCN(CCC)CC3)ccc21. The third-order valence-corrected chi connectivity index (χ3v) is 4.81. The number of likely N-dealkylation sites (tertiary alicyclic amines) is 1. The van der Waals surface area contributed by atoms with E-state index in [1.54, 1.807) is 11.1 Å². The molecule has 2 aliphatic rings. The van der Waals surface area contributed by atoms with Gasteiger partial charge in [0.05, 0.1) is 0 Å². The summed E-state index contributed by atoms with van der Waals surface area (Å²) in [7, 11) is 0. The molecule has 0 unspecified atom stereocenters. The molecular weight excluding hydrogens is 230 g/mol. The van der Waals surface area contributed by atoms with Gasteiger partial charge in [0.25, 0.3) is 0 Å². The average Bonchev–Trinajstić information content (AvgIpc) is 2.81. The Morgan fingerprint density at radius 2 is 2.00 bits per heavy atom. The quantitative estimate of drug-likeness (QED) is 0.781. The van der Waals surface area contributed by atoms with Gasteiger partial charge >= 0.3 is 0 Å². The third-order valence-electron chi connectivity index (χ3n) is 4.81. The Balaban J connectivity index is 1.69. The van der Waals surface area contributed by atoms with Crippen LogP contribution in [0.1, 0.15) is 55.2 Å². The van der Waals surface area contributed by atoms with E-state index in [9.17, 15) is 0 Å². The molecule has 1 aromatic carbocycles. The summed E-state index contributed by atoms with van der Waals surface area (Å²) in [6.45, 7) is 10.3. The van der Waals surface area contributed by atoms with Gasteiger partial charge in [-0.3, -0.25) is 0 Å². The van der Waals surface area contributed by atoms with E-state index in [0.29, 0.717) is 0 Å². The molecule has 1 heteroatoms. The zero-order chi connectivity index (χ0) is 13.2. The molecule has 0 amide bonds. The van der Waals surface area contributed by atoms with Crippen LogP contribution >= 0.6 is 0 Å². The van der Waals surface area contributed by atoms with Crippen LogP contribution in [0.4, 0.5) is 0 Å². The molecule has 1 aliphatic heterocycles. The molecular formula is C18H25N. The summed E-state index contributed by atoms with van der Waals surface area (Å²) in [6.07, 6.45) is 6.31. The molecule has 1 saturated heterocycles. The summed E-state index contributed by atoms with van der Waals surface area (Å²) < 4.78 is 0. The standard InChI is InChI=1S/C18H25N/c1-3-10-19-11-8-15(9-12-19)16-6-7-18-14(2)4-5-17(18)13-16/h6-7,13,15H,2-5,8-12H2,1H3. The number of aryl methyl sites for hydroxylation is 1. The van der Waals surface area contributed by atoms with Crippen LogP contribution in [0.25, 0.3) is 5.57 Å². The second-order valence-corrected chi connectivity index (χ2v) is 6.14. The van der Waals surface area contributed by atoms with Crippen LogP contribution in [-0.4, -0.2) is 24.5 Å². The highest BCUT2D eigenvalue weighted by Gasteiger charge is 2.22. The summed E-state index contributed by atoms with van der Waals surface area (Å²) in [5.74, 6) is 0.785. The lowest BCUT2D eigenvalue weighted by Crippen LogP contribution is -2.33. The predicted octanol–water partition coefficient (Wildman–Crippen LogP) is 4.24. The average molecular weight is 255 g/mol. The van der Waals surface area contributed by atoms with Crippen molar-refractivity contribution in [3.8, 4) is 0 Å². The lowest BCUT2D eigenvalue weighted by molar-refractivity contribution is 0.213. The Kier molecular flexibility index (Phi) is 3.74. The van der Waals surface area contributed by atoms with E-state index in [-0.39, 0.29) is 0 Å². The minimum Gasteiger partial charge on any atom is -0.303 e. The molecule has 19 heavy (non-hydrogen) atoms. The Labute approximate surface area is 117 Å². The van der Waals surface area contributed by atoms with Crippen molar-refractivity contribution in [1.29, 1.82) is 0 Å². The van der Waals surface area contributed by atoms with Crippen LogP contribution in [0.2, 0.25) is 0 Å². The van der Waals surface area contributed by atoms with Crippen molar-refractivity contribution >= 4 is 5.57 Å².